The number of anilines is 1. The van der Waals surface area contributed by atoms with E-state index in [1.54, 1.807) is 37.3 Å². The molecule has 2 aromatic carbocycles. The molecule has 0 saturated heterocycles. The maximum atomic E-state index is 12.0. The summed E-state index contributed by atoms with van der Waals surface area (Å²) in [7, 11) is 0. The van der Waals surface area contributed by atoms with E-state index in [0.29, 0.717) is 21.5 Å². The van der Waals surface area contributed by atoms with Crippen molar-refractivity contribution in [2.75, 3.05) is 5.32 Å². The van der Waals surface area contributed by atoms with Gasteiger partial charge in [-0.15, -0.1) is 0 Å². The lowest BCUT2D eigenvalue weighted by molar-refractivity contribution is -0.122. The molecule has 1 amide bonds. The summed E-state index contributed by atoms with van der Waals surface area (Å²) < 4.78 is 5.49. The van der Waals surface area contributed by atoms with Gasteiger partial charge in [-0.2, -0.15) is 0 Å². The largest absolute Gasteiger partial charge is 0.506 e. The molecule has 0 heterocycles. The van der Waals surface area contributed by atoms with E-state index in [0.717, 1.165) is 0 Å². The van der Waals surface area contributed by atoms with E-state index in [2.05, 4.69) is 5.32 Å². The Morgan fingerprint density at radius 1 is 1.24 bits per heavy atom. The number of benzene rings is 2. The van der Waals surface area contributed by atoms with Gasteiger partial charge in [0.15, 0.2) is 6.10 Å². The van der Waals surface area contributed by atoms with Crippen molar-refractivity contribution in [2.45, 2.75) is 13.0 Å². The average Bonchev–Trinajstić information content (AvgIpc) is 2.44. The molecule has 0 bridgehead atoms. The first kappa shape index (κ1) is 15.5. The molecule has 2 aromatic rings. The molecule has 6 heteroatoms. The van der Waals surface area contributed by atoms with Crippen molar-refractivity contribution in [1.29, 1.82) is 0 Å². The molecule has 110 valence electrons. The average molecular weight is 326 g/mol. The van der Waals surface area contributed by atoms with Crippen LogP contribution in [0.5, 0.6) is 11.5 Å². The summed E-state index contributed by atoms with van der Waals surface area (Å²) in [6.07, 6.45) is -0.789. The highest BCUT2D eigenvalue weighted by Crippen LogP contribution is 2.28. The molecule has 0 aromatic heterocycles. The highest BCUT2D eigenvalue weighted by atomic mass is 35.5. The minimum absolute atomic E-state index is 0.0115. The number of ether oxygens (including phenoxy) is 1. The molecule has 21 heavy (non-hydrogen) atoms. The van der Waals surface area contributed by atoms with Crippen LogP contribution in [0.15, 0.2) is 42.5 Å². The van der Waals surface area contributed by atoms with Crippen LogP contribution in [-0.2, 0) is 4.79 Å². The third-order valence-corrected chi connectivity index (χ3v) is 3.26. The Balaban J connectivity index is 2.04. The van der Waals surface area contributed by atoms with Gasteiger partial charge in [0, 0.05) is 5.02 Å². The van der Waals surface area contributed by atoms with Crippen LogP contribution in [0.3, 0.4) is 0 Å². The summed E-state index contributed by atoms with van der Waals surface area (Å²) in [5.74, 6) is -0.0499. The summed E-state index contributed by atoms with van der Waals surface area (Å²) >= 11 is 11.8. The molecular formula is C15H13Cl2NO3. The zero-order chi connectivity index (χ0) is 15.4. The quantitative estimate of drug-likeness (QED) is 0.832. The molecule has 0 radical (unpaired) electrons. The molecular weight excluding hydrogens is 313 g/mol. The molecule has 0 aliphatic heterocycles. The van der Waals surface area contributed by atoms with Crippen molar-refractivity contribution in [3.8, 4) is 11.5 Å². The van der Waals surface area contributed by atoms with Crippen LogP contribution in [0.4, 0.5) is 5.69 Å². The van der Waals surface area contributed by atoms with E-state index >= 15 is 0 Å². The number of hydrogen-bond acceptors (Lipinski definition) is 3. The van der Waals surface area contributed by atoms with Crippen molar-refractivity contribution in [1.82, 2.24) is 0 Å². The van der Waals surface area contributed by atoms with E-state index in [1.807, 2.05) is 0 Å². The fraction of sp³-hybridized carbons (Fsp3) is 0.133. The van der Waals surface area contributed by atoms with Gasteiger partial charge >= 0.3 is 0 Å². The third-order valence-electron chi connectivity index (χ3n) is 2.73. The van der Waals surface area contributed by atoms with Crippen LogP contribution in [0.1, 0.15) is 6.92 Å². The van der Waals surface area contributed by atoms with Crippen molar-refractivity contribution in [2.24, 2.45) is 0 Å². The van der Waals surface area contributed by atoms with E-state index in [-0.39, 0.29) is 5.75 Å². The first-order valence-corrected chi connectivity index (χ1v) is 6.93. The highest BCUT2D eigenvalue weighted by molar-refractivity contribution is 6.35. The van der Waals surface area contributed by atoms with E-state index in [1.165, 1.54) is 12.1 Å². The first-order valence-electron chi connectivity index (χ1n) is 6.18. The van der Waals surface area contributed by atoms with Gasteiger partial charge in [0.25, 0.3) is 5.91 Å². The Kier molecular flexibility index (Phi) is 4.94. The van der Waals surface area contributed by atoms with Gasteiger partial charge < -0.3 is 15.2 Å². The van der Waals surface area contributed by atoms with Crippen LogP contribution < -0.4 is 10.1 Å². The fourth-order valence-electron chi connectivity index (χ4n) is 1.63. The maximum absolute atomic E-state index is 12.0. The molecule has 0 aliphatic carbocycles. The molecule has 0 fully saturated rings. The van der Waals surface area contributed by atoms with E-state index < -0.39 is 12.0 Å². The molecule has 2 N–H and O–H groups in total. The summed E-state index contributed by atoms with van der Waals surface area (Å²) in [4.78, 5) is 12.0. The number of phenolic OH excluding ortho intramolecular Hbond substituents is 1. The Bertz CT molecular complexity index is 661. The molecule has 0 aliphatic rings. The van der Waals surface area contributed by atoms with Crippen LogP contribution in [0.25, 0.3) is 0 Å². The number of hydrogen-bond donors (Lipinski definition) is 2. The number of carbonyl (C=O) groups excluding carboxylic acids is 1. The number of phenols is 1. The van der Waals surface area contributed by atoms with Crippen LogP contribution in [0, 0.1) is 0 Å². The van der Waals surface area contributed by atoms with Gasteiger partial charge in [0.2, 0.25) is 0 Å². The van der Waals surface area contributed by atoms with E-state index in [4.69, 9.17) is 27.9 Å². The predicted molar refractivity (Wildman–Crippen MR) is 83.3 cm³/mol. The number of aromatic hydroxyl groups is 1. The second-order valence-corrected chi connectivity index (χ2v) is 5.18. The third kappa shape index (κ3) is 4.03. The number of halogens is 2. The van der Waals surface area contributed by atoms with Crippen LogP contribution in [-0.4, -0.2) is 17.1 Å². The number of amides is 1. The summed E-state index contributed by atoms with van der Waals surface area (Å²) in [6, 6.07) is 11.2. The number of para-hydroxylation sites is 2. The predicted octanol–water partition coefficient (Wildman–Crippen LogP) is 4.11. The summed E-state index contributed by atoms with van der Waals surface area (Å²) in [6.45, 7) is 1.58. The molecule has 2 rings (SSSR count). The zero-order valence-corrected chi connectivity index (χ0v) is 12.7. The van der Waals surface area contributed by atoms with Crippen molar-refractivity contribution < 1.29 is 14.6 Å². The fourth-order valence-corrected chi connectivity index (χ4v) is 2.08. The topological polar surface area (TPSA) is 58.6 Å². The van der Waals surface area contributed by atoms with Gasteiger partial charge in [0.05, 0.1) is 10.7 Å². The normalized spacial score (nSPS) is 11.8. The lowest BCUT2D eigenvalue weighted by Gasteiger charge is -2.16. The second-order valence-electron chi connectivity index (χ2n) is 4.34. The Morgan fingerprint density at radius 2 is 1.95 bits per heavy atom. The van der Waals surface area contributed by atoms with Gasteiger partial charge in [-0.25, -0.2) is 0 Å². The molecule has 0 spiro atoms. The zero-order valence-electron chi connectivity index (χ0n) is 11.1. The van der Waals surface area contributed by atoms with Crippen molar-refractivity contribution >= 4 is 34.8 Å². The van der Waals surface area contributed by atoms with Gasteiger partial charge in [0.1, 0.15) is 11.5 Å². The first-order chi connectivity index (χ1) is 9.97. The number of rotatable bonds is 4. The summed E-state index contributed by atoms with van der Waals surface area (Å²) in [5.41, 5.74) is 0.320. The minimum atomic E-state index is -0.789. The van der Waals surface area contributed by atoms with Crippen molar-refractivity contribution in [3.63, 3.8) is 0 Å². The van der Waals surface area contributed by atoms with Gasteiger partial charge in [-0.3, -0.25) is 4.79 Å². The monoisotopic (exact) mass is 325 g/mol. The lowest BCUT2D eigenvalue weighted by Crippen LogP contribution is -2.30. The summed E-state index contributed by atoms with van der Waals surface area (Å²) in [5, 5.41) is 13.0. The lowest BCUT2D eigenvalue weighted by atomic mass is 10.2. The van der Waals surface area contributed by atoms with Crippen LogP contribution in [0.2, 0.25) is 10.0 Å². The Morgan fingerprint density at radius 3 is 2.62 bits per heavy atom. The van der Waals surface area contributed by atoms with Gasteiger partial charge in [-0.1, -0.05) is 35.3 Å². The maximum Gasteiger partial charge on any atom is 0.265 e. The van der Waals surface area contributed by atoms with Crippen LogP contribution >= 0.6 is 23.2 Å². The highest BCUT2D eigenvalue weighted by Gasteiger charge is 2.17. The molecule has 1 unspecified atom stereocenters. The van der Waals surface area contributed by atoms with Crippen molar-refractivity contribution in [3.05, 3.63) is 52.5 Å². The van der Waals surface area contributed by atoms with E-state index in [9.17, 15) is 9.90 Å². The second kappa shape index (κ2) is 6.70. The number of carbonyl (C=O) groups is 1. The van der Waals surface area contributed by atoms with Gasteiger partial charge in [-0.05, 0) is 37.3 Å². The standard InChI is InChI=1S/C15H13Cl2NO3/c1-9(21-14-7-6-10(16)8-11(14)17)15(20)18-12-4-2-3-5-13(12)19/h2-9,19H,1H3,(H,18,20). The minimum Gasteiger partial charge on any atom is -0.506 e. The molecule has 4 nitrogen and oxygen atoms in total. The molecule has 0 saturated carbocycles. The molecule has 1 atom stereocenters. The SMILES string of the molecule is CC(Oc1ccc(Cl)cc1Cl)C(=O)Nc1ccccc1O. The Labute approximate surface area is 132 Å². The number of nitrogens with one attached hydrogen (secondary N) is 1. The Hall–Kier alpha value is -1.91. The smallest absolute Gasteiger partial charge is 0.265 e.